The third-order valence-electron chi connectivity index (χ3n) is 2.24. The van der Waals surface area contributed by atoms with Gasteiger partial charge in [0.2, 0.25) is 0 Å². The van der Waals surface area contributed by atoms with Crippen molar-refractivity contribution in [3.05, 3.63) is 0 Å². The summed E-state index contributed by atoms with van der Waals surface area (Å²) in [6.07, 6.45) is -1.98. The molecule has 0 aromatic heterocycles. The number of aliphatic hydroxyl groups is 2. The molecule has 0 radical (unpaired) electrons. The van der Waals surface area contributed by atoms with Crippen LogP contribution < -0.4 is 15.1 Å². The Labute approximate surface area is 109 Å². The predicted molar refractivity (Wildman–Crippen MR) is 47.9 cm³/mol. The van der Waals surface area contributed by atoms with Gasteiger partial charge in [0.1, 0.15) is 12.2 Å². The largest absolute Gasteiger partial charge is 0.547 e. The fourth-order valence-electron chi connectivity index (χ4n) is 1.24. The molecule has 1 aliphatic heterocycles. The molecule has 0 spiro atoms. The predicted octanol–water partition coefficient (Wildman–Crippen LogP) is -5.50. The van der Waals surface area contributed by atoms with E-state index >= 15 is 0 Å². The number of aliphatic carboxylic acids is 2. The molecular formula is C9H16NNiO6-. The van der Waals surface area contributed by atoms with Crippen LogP contribution in [0.25, 0.3) is 0 Å². The Hall–Kier alpha value is -0.686. The first-order valence-electron chi connectivity index (χ1n) is 4.95. The van der Waals surface area contributed by atoms with Crippen LogP contribution in [0.1, 0.15) is 12.8 Å². The molecule has 0 aliphatic carbocycles. The number of rotatable bonds is 3. The Bertz CT molecular complexity index is 226. The average molecular weight is 293 g/mol. The van der Waals surface area contributed by atoms with Gasteiger partial charge in [-0.3, -0.25) is 0 Å². The topological polar surface area (TPSA) is 125 Å². The number of aliphatic hydroxyl groups excluding tert-OH is 2. The van der Waals surface area contributed by atoms with Crippen LogP contribution in [-0.4, -0.2) is 54.5 Å². The van der Waals surface area contributed by atoms with Crippen molar-refractivity contribution in [3.8, 4) is 0 Å². The zero-order chi connectivity index (χ0) is 12.7. The standard InChI is InChI=1S/C5H11N.C4H6O6.Ni/c1-6-4-2-3-5-6;5-1(3(7)8)2(6)4(9)10;/h2-5H2,1H3;1-2,5-6H,(H,7,8)(H,9,10);/p-1. The Morgan fingerprint density at radius 2 is 1.35 bits per heavy atom. The number of carboxylic acids is 2. The maximum absolute atomic E-state index is 9.63. The van der Waals surface area contributed by atoms with E-state index in [1.807, 2.05) is 0 Å². The molecule has 104 valence electrons. The number of hydrogen-bond acceptors (Lipinski definition) is 6. The minimum absolute atomic E-state index is 0. The molecule has 1 aliphatic rings. The number of nitrogens with one attached hydrogen (secondary N) is 1. The van der Waals surface area contributed by atoms with Crippen LogP contribution in [0.4, 0.5) is 0 Å². The second-order valence-corrected chi connectivity index (χ2v) is 3.69. The molecule has 0 bridgehead atoms. The minimum atomic E-state index is -2.44. The van der Waals surface area contributed by atoms with Gasteiger partial charge in [0.15, 0.2) is 0 Å². The van der Waals surface area contributed by atoms with Crippen molar-refractivity contribution >= 4 is 11.9 Å². The van der Waals surface area contributed by atoms with Crippen LogP contribution >= 0.6 is 0 Å². The monoisotopic (exact) mass is 292 g/mol. The van der Waals surface area contributed by atoms with E-state index in [9.17, 15) is 19.8 Å². The molecule has 2 atom stereocenters. The molecule has 7 nitrogen and oxygen atoms in total. The summed E-state index contributed by atoms with van der Waals surface area (Å²) in [5.74, 6) is -4.12. The van der Waals surface area contributed by atoms with Gasteiger partial charge in [0.05, 0.1) is 32.1 Å². The van der Waals surface area contributed by atoms with Gasteiger partial charge in [-0.2, -0.15) is 0 Å². The molecule has 2 unspecified atom stereocenters. The van der Waals surface area contributed by atoms with Crippen LogP contribution in [0.5, 0.6) is 0 Å². The molecule has 1 fully saturated rings. The number of carbonyl (C=O) groups excluding carboxylic acids is 2. The summed E-state index contributed by atoms with van der Waals surface area (Å²) in [7, 11) is 2.26. The van der Waals surface area contributed by atoms with Gasteiger partial charge in [0.25, 0.3) is 0 Å². The SMILES string of the molecule is C[NH+]1CCCC1.O=C([O-])C(O)C(O)C(=O)[O-].[Ni]. The van der Waals surface area contributed by atoms with E-state index in [4.69, 9.17) is 10.2 Å². The molecule has 1 saturated heterocycles. The van der Waals surface area contributed by atoms with Gasteiger partial charge in [-0.25, -0.2) is 0 Å². The van der Waals surface area contributed by atoms with E-state index in [0.29, 0.717) is 0 Å². The minimum Gasteiger partial charge on any atom is -0.547 e. The molecule has 1 heterocycles. The molecule has 0 amide bonds. The number of hydrogen-bond donors (Lipinski definition) is 3. The fraction of sp³-hybridized carbons (Fsp3) is 0.778. The fourth-order valence-corrected chi connectivity index (χ4v) is 1.24. The number of carboxylic acid groups (broad SMARTS) is 2. The Morgan fingerprint density at radius 3 is 1.47 bits per heavy atom. The number of likely N-dealkylation sites (tertiary alicyclic amines) is 1. The van der Waals surface area contributed by atoms with Gasteiger partial charge >= 0.3 is 0 Å². The van der Waals surface area contributed by atoms with Gasteiger partial charge in [-0.15, -0.1) is 0 Å². The zero-order valence-corrected chi connectivity index (χ0v) is 10.3. The van der Waals surface area contributed by atoms with Crippen molar-refractivity contribution in [2.75, 3.05) is 20.1 Å². The first-order valence-corrected chi connectivity index (χ1v) is 4.95. The van der Waals surface area contributed by atoms with Crippen molar-refractivity contribution < 1.29 is 51.4 Å². The van der Waals surface area contributed by atoms with E-state index in [0.717, 1.165) is 0 Å². The van der Waals surface area contributed by atoms with E-state index in [2.05, 4.69) is 7.05 Å². The second kappa shape index (κ2) is 9.35. The van der Waals surface area contributed by atoms with Gasteiger partial charge in [-0.05, 0) is 0 Å². The summed E-state index contributed by atoms with van der Waals surface area (Å²) in [5, 5.41) is 35.7. The number of carbonyl (C=O) groups is 2. The van der Waals surface area contributed by atoms with Crippen molar-refractivity contribution in [3.63, 3.8) is 0 Å². The third kappa shape index (κ3) is 8.09. The maximum atomic E-state index is 9.63. The van der Waals surface area contributed by atoms with Gasteiger partial charge < -0.3 is 34.9 Å². The van der Waals surface area contributed by atoms with Crippen molar-refractivity contribution in [1.29, 1.82) is 0 Å². The summed E-state index contributed by atoms with van der Waals surface area (Å²) in [5.41, 5.74) is 0. The molecule has 0 aromatic rings. The van der Waals surface area contributed by atoms with Crippen LogP contribution in [0.3, 0.4) is 0 Å². The quantitative estimate of drug-likeness (QED) is 0.446. The van der Waals surface area contributed by atoms with Crippen LogP contribution in [0.2, 0.25) is 0 Å². The molecule has 0 saturated carbocycles. The van der Waals surface area contributed by atoms with E-state index in [1.165, 1.54) is 25.9 Å². The summed E-state index contributed by atoms with van der Waals surface area (Å²) < 4.78 is 0. The van der Waals surface area contributed by atoms with Gasteiger partial charge in [-0.1, -0.05) is 0 Å². The summed E-state index contributed by atoms with van der Waals surface area (Å²) in [6.45, 7) is 2.81. The Morgan fingerprint density at radius 1 is 1.06 bits per heavy atom. The van der Waals surface area contributed by atoms with Gasteiger partial charge in [0, 0.05) is 29.3 Å². The third-order valence-corrected chi connectivity index (χ3v) is 2.24. The van der Waals surface area contributed by atoms with Crippen LogP contribution in [-0.2, 0) is 26.1 Å². The maximum Gasteiger partial charge on any atom is 0.124 e. The molecule has 0 aromatic carbocycles. The van der Waals surface area contributed by atoms with Crippen LogP contribution in [0, 0.1) is 0 Å². The Kier molecular flexibility index (Phi) is 10.3. The molecule has 17 heavy (non-hydrogen) atoms. The molecule has 3 N–H and O–H groups in total. The zero-order valence-electron chi connectivity index (χ0n) is 9.33. The van der Waals surface area contributed by atoms with Crippen molar-refractivity contribution in [2.24, 2.45) is 0 Å². The molecule has 1 rings (SSSR count). The van der Waals surface area contributed by atoms with Crippen molar-refractivity contribution in [1.82, 2.24) is 0 Å². The number of quaternary nitrogens is 1. The Balaban J connectivity index is 0. The first-order chi connectivity index (χ1) is 7.36. The molecule has 8 heteroatoms. The van der Waals surface area contributed by atoms with E-state index < -0.39 is 24.1 Å². The summed E-state index contributed by atoms with van der Waals surface area (Å²) >= 11 is 0. The normalized spacial score (nSPS) is 18.3. The smallest absolute Gasteiger partial charge is 0.124 e. The first kappa shape index (κ1) is 18.7. The molecular weight excluding hydrogens is 277 g/mol. The summed E-state index contributed by atoms with van der Waals surface area (Å²) in [6, 6.07) is 0. The average Bonchev–Trinajstić information content (AvgIpc) is 2.67. The second-order valence-electron chi connectivity index (χ2n) is 3.69. The summed E-state index contributed by atoms with van der Waals surface area (Å²) in [4.78, 5) is 21.0. The van der Waals surface area contributed by atoms with E-state index in [1.54, 1.807) is 4.90 Å². The van der Waals surface area contributed by atoms with Crippen molar-refractivity contribution in [2.45, 2.75) is 25.0 Å². The van der Waals surface area contributed by atoms with E-state index in [-0.39, 0.29) is 16.5 Å². The van der Waals surface area contributed by atoms with Crippen LogP contribution in [0.15, 0.2) is 0 Å².